The molecular weight excluding hydrogens is 424 g/mol. The van der Waals surface area contributed by atoms with E-state index in [1.54, 1.807) is 0 Å². The molecule has 190 valence electrons. The molecule has 0 aromatic heterocycles. The second-order valence-electron chi connectivity index (χ2n) is 13.1. The number of fused-ring (bicyclic) bond motifs is 5. The minimum atomic E-state index is -0.471. The highest BCUT2D eigenvalue weighted by molar-refractivity contribution is 5.51. The van der Waals surface area contributed by atoms with E-state index >= 15 is 0 Å². The van der Waals surface area contributed by atoms with Crippen molar-refractivity contribution in [1.29, 1.82) is 0 Å². The van der Waals surface area contributed by atoms with Crippen LogP contribution in [0, 0.1) is 33.5 Å². The van der Waals surface area contributed by atoms with Crippen LogP contribution in [-0.2, 0) is 9.53 Å². The Labute approximate surface area is 206 Å². The summed E-state index contributed by atoms with van der Waals surface area (Å²) in [5, 5.41) is 22.4. The van der Waals surface area contributed by atoms with Gasteiger partial charge in [0.25, 0.3) is 6.47 Å². The molecule has 2 saturated carbocycles. The second kappa shape index (κ2) is 8.62. The van der Waals surface area contributed by atoms with Gasteiger partial charge < -0.3 is 14.9 Å². The van der Waals surface area contributed by atoms with E-state index in [2.05, 4.69) is 66.7 Å². The maximum Gasteiger partial charge on any atom is 0.293 e. The molecule has 0 bridgehead atoms. The molecule has 2 fully saturated rings. The van der Waals surface area contributed by atoms with Gasteiger partial charge in [0.2, 0.25) is 0 Å². The molecule has 0 spiro atoms. The summed E-state index contributed by atoms with van der Waals surface area (Å²) in [5.74, 6) is 0.494. The Morgan fingerprint density at radius 2 is 1.82 bits per heavy atom. The third-order valence-corrected chi connectivity index (χ3v) is 11.0. The van der Waals surface area contributed by atoms with Crippen molar-refractivity contribution in [2.24, 2.45) is 33.5 Å². The molecule has 0 heterocycles. The molecule has 4 rings (SSSR count). The summed E-state index contributed by atoms with van der Waals surface area (Å²) < 4.78 is 5.71. The fourth-order valence-electron chi connectivity index (χ4n) is 8.61. The number of carbonyl (C=O) groups excluding carboxylic acids is 1. The van der Waals surface area contributed by atoms with E-state index in [1.165, 1.54) is 16.7 Å². The Kier molecular flexibility index (Phi) is 6.52. The molecule has 0 radical (unpaired) electrons. The van der Waals surface area contributed by atoms with Crippen molar-refractivity contribution in [1.82, 2.24) is 0 Å². The Morgan fingerprint density at radius 3 is 2.47 bits per heavy atom. The van der Waals surface area contributed by atoms with Crippen LogP contribution >= 0.6 is 0 Å². The van der Waals surface area contributed by atoms with Crippen molar-refractivity contribution in [3.63, 3.8) is 0 Å². The first-order valence-corrected chi connectivity index (χ1v) is 13.3. The first-order chi connectivity index (χ1) is 15.8. The van der Waals surface area contributed by atoms with Gasteiger partial charge in [0, 0.05) is 11.3 Å². The maximum absolute atomic E-state index is 11.6. The third kappa shape index (κ3) is 3.50. The normalized spacial score (nSPS) is 43.4. The lowest BCUT2D eigenvalue weighted by Crippen LogP contribution is -2.56. The number of hydrogen-bond donors (Lipinski definition) is 2. The van der Waals surface area contributed by atoms with Crippen LogP contribution in [0.1, 0.15) is 93.4 Å². The standard InChI is InChI=1S/C30H46O4/c1-19(2)9-8-10-23(34-18-31)22-17-26(33)30(7)21-11-12-24-27(3,4)25(32)14-15-28(24,5)20(21)13-16-29(22,30)6/h9,11,13,18,22-26,32-33H,8,10,12,14-17H2,1-7H3/t22-,23-,24+,25?,26+,28-,29-,30-/m1/s1. The van der Waals surface area contributed by atoms with Crippen LogP contribution in [-0.4, -0.2) is 35.0 Å². The quantitative estimate of drug-likeness (QED) is 0.362. The first kappa shape index (κ1) is 25.7. The highest BCUT2D eigenvalue weighted by Gasteiger charge is 2.67. The molecule has 0 aromatic carbocycles. The Morgan fingerprint density at radius 1 is 1.12 bits per heavy atom. The zero-order valence-electron chi connectivity index (χ0n) is 22.4. The zero-order valence-corrected chi connectivity index (χ0v) is 22.4. The lowest BCUT2D eigenvalue weighted by atomic mass is 9.44. The molecule has 1 unspecified atom stereocenters. The number of ether oxygens (including phenoxy) is 1. The zero-order chi connectivity index (χ0) is 25.1. The van der Waals surface area contributed by atoms with E-state index < -0.39 is 6.10 Å². The Hall–Kier alpha value is -1.39. The molecule has 4 aliphatic carbocycles. The monoisotopic (exact) mass is 470 g/mol. The summed E-state index contributed by atoms with van der Waals surface area (Å²) in [4.78, 5) is 11.5. The highest BCUT2D eigenvalue weighted by Crippen LogP contribution is 2.71. The number of hydrogen-bond acceptors (Lipinski definition) is 4. The summed E-state index contributed by atoms with van der Waals surface area (Å²) in [6.45, 7) is 16.2. The molecule has 34 heavy (non-hydrogen) atoms. The van der Waals surface area contributed by atoms with Gasteiger partial charge >= 0.3 is 0 Å². The van der Waals surface area contributed by atoms with Gasteiger partial charge in [-0.25, -0.2) is 0 Å². The summed E-state index contributed by atoms with van der Waals surface area (Å²) in [6, 6.07) is 0. The summed E-state index contributed by atoms with van der Waals surface area (Å²) in [5.41, 5.74) is 3.30. The first-order valence-electron chi connectivity index (χ1n) is 13.3. The molecule has 4 aliphatic rings. The minimum Gasteiger partial charge on any atom is -0.464 e. The van der Waals surface area contributed by atoms with Crippen molar-refractivity contribution in [2.45, 2.75) is 112 Å². The summed E-state index contributed by atoms with van der Waals surface area (Å²) in [7, 11) is 0. The van der Waals surface area contributed by atoms with Crippen LogP contribution in [0.4, 0.5) is 0 Å². The number of carbonyl (C=O) groups is 1. The molecular formula is C30H46O4. The van der Waals surface area contributed by atoms with Crippen molar-refractivity contribution in [3.05, 3.63) is 34.9 Å². The smallest absolute Gasteiger partial charge is 0.293 e. The number of aliphatic hydroxyl groups is 2. The molecule has 0 aromatic rings. The molecule has 4 heteroatoms. The van der Waals surface area contributed by atoms with Crippen LogP contribution in [0.5, 0.6) is 0 Å². The van der Waals surface area contributed by atoms with Crippen LogP contribution < -0.4 is 0 Å². The van der Waals surface area contributed by atoms with Crippen molar-refractivity contribution >= 4 is 6.47 Å². The van der Waals surface area contributed by atoms with Gasteiger partial charge in [0.15, 0.2) is 0 Å². The summed E-state index contributed by atoms with van der Waals surface area (Å²) >= 11 is 0. The SMILES string of the molecule is CC(C)=CCC[C@@H](OC=O)[C@H]1C[C@H](O)[C@@]2(C)C3=CC[C@H]4C(C)(C)C(O)CC[C@]4(C)C3=CC[C@]12C. The molecule has 2 N–H and O–H groups in total. The van der Waals surface area contributed by atoms with Gasteiger partial charge in [-0.05, 0) is 92.1 Å². The van der Waals surface area contributed by atoms with E-state index in [0.29, 0.717) is 18.8 Å². The van der Waals surface area contributed by atoms with Gasteiger partial charge in [0.05, 0.1) is 12.2 Å². The fourth-order valence-corrected chi connectivity index (χ4v) is 8.61. The second-order valence-corrected chi connectivity index (χ2v) is 13.1. The molecule has 0 amide bonds. The van der Waals surface area contributed by atoms with E-state index in [9.17, 15) is 15.0 Å². The lowest BCUT2D eigenvalue weighted by molar-refractivity contribution is -0.140. The van der Waals surface area contributed by atoms with Gasteiger partial charge in [-0.1, -0.05) is 58.4 Å². The summed E-state index contributed by atoms with van der Waals surface area (Å²) in [6.07, 6.45) is 12.1. The van der Waals surface area contributed by atoms with Crippen LogP contribution in [0.2, 0.25) is 0 Å². The highest BCUT2D eigenvalue weighted by atomic mass is 16.5. The largest absolute Gasteiger partial charge is 0.464 e. The average Bonchev–Trinajstić information content (AvgIpc) is 2.97. The van der Waals surface area contributed by atoms with E-state index in [-0.39, 0.29) is 39.8 Å². The van der Waals surface area contributed by atoms with Crippen LogP contribution in [0.3, 0.4) is 0 Å². The Balaban J connectivity index is 1.73. The third-order valence-electron chi connectivity index (χ3n) is 11.0. The predicted octanol–water partition coefficient (Wildman–Crippen LogP) is 6.13. The van der Waals surface area contributed by atoms with Crippen LogP contribution in [0.15, 0.2) is 34.9 Å². The van der Waals surface area contributed by atoms with Crippen molar-refractivity contribution < 1.29 is 19.7 Å². The number of allylic oxidation sites excluding steroid dienone is 5. The number of aliphatic hydroxyl groups excluding tert-OH is 2. The molecule has 4 nitrogen and oxygen atoms in total. The van der Waals surface area contributed by atoms with Gasteiger partial charge in [0.1, 0.15) is 6.10 Å². The van der Waals surface area contributed by atoms with E-state index in [4.69, 9.17) is 4.74 Å². The fraction of sp³-hybridized carbons (Fsp3) is 0.767. The molecule has 0 aliphatic heterocycles. The maximum atomic E-state index is 11.6. The minimum absolute atomic E-state index is 0.0110. The van der Waals surface area contributed by atoms with Gasteiger partial charge in [-0.15, -0.1) is 0 Å². The van der Waals surface area contributed by atoms with Crippen LogP contribution in [0.25, 0.3) is 0 Å². The average molecular weight is 471 g/mol. The Bertz CT molecular complexity index is 909. The van der Waals surface area contributed by atoms with Crippen molar-refractivity contribution in [3.8, 4) is 0 Å². The predicted molar refractivity (Wildman–Crippen MR) is 136 cm³/mol. The van der Waals surface area contributed by atoms with Gasteiger partial charge in [-0.3, -0.25) is 4.79 Å². The molecule has 0 saturated heterocycles. The van der Waals surface area contributed by atoms with Crippen molar-refractivity contribution in [2.75, 3.05) is 0 Å². The topological polar surface area (TPSA) is 66.8 Å². The van der Waals surface area contributed by atoms with Gasteiger partial charge in [-0.2, -0.15) is 0 Å². The van der Waals surface area contributed by atoms with E-state index in [1.807, 2.05) is 0 Å². The molecule has 8 atom stereocenters. The number of rotatable bonds is 6. The lowest BCUT2D eigenvalue weighted by Gasteiger charge is -2.61. The van der Waals surface area contributed by atoms with E-state index in [0.717, 1.165) is 38.5 Å².